The first kappa shape index (κ1) is 12.2. The molecule has 0 bridgehead atoms. The summed E-state index contributed by atoms with van der Waals surface area (Å²) in [4.78, 5) is 23.7. The molecule has 0 aromatic carbocycles. The van der Waals surface area contributed by atoms with Crippen molar-refractivity contribution in [3.05, 3.63) is 27.9 Å². The number of carbonyl (C=O) groups excluding carboxylic acids is 1. The first-order valence-corrected chi connectivity index (χ1v) is 4.83. The Morgan fingerprint density at radius 3 is 2.81 bits per heavy atom. The monoisotopic (exact) mass is 227 g/mol. The van der Waals surface area contributed by atoms with E-state index < -0.39 is 10.8 Å². The molecule has 0 saturated carbocycles. The highest BCUT2D eigenvalue weighted by Crippen LogP contribution is 2.09. The van der Waals surface area contributed by atoms with Gasteiger partial charge in [0.25, 0.3) is 5.91 Å². The van der Waals surface area contributed by atoms with Crippen molar-refractivity contribution in [1.29, 1.82) is 0 Å². The molecule has 0 unspecified atom stereocenters. The Kier molecular flexibility index (Phi) is 4.01. The highest BCUT2D eigenvalue weighted by Gasteiger charge is 2.17. The van der Waals surface area contributed by atoms with E-state index in [9.17, 15) is 14.9 Å². The van der Waals surface area contributed by atoms with Crippen molar-refractivity contribution in [3.8, 4) is 0 Å². The van der Waals surface area contributed by atoms with Crippen LogP contribution >= 0.6 is 0 Å². The van der Waals surface area contributed by atoms with Crippen LogP contribution in [-0.4, -0.2) is 33.6 Å². The minimum absolute atomic E-state index is 0.110. The SMILES string of the molecule is CC[C@H](CO)NC(=O)c1ccc([N+](=O)[O-])[nH]1. The van der Waals surface area contributed by atoms with E-state index in [-0.39, 0.29) is 24.2 Å². The summed E-state index contributed by atoms with van der Waals surface area (Å²) in [7, 11) is 0. The van der Waals surface area contributed by atoms with Crippen LogP contribution in [0.1, 0.15) is 23.8 Å². The Morgan fingerprint density at radius 1 is 1.69 bits per heavy atom. The van der Waals surface area contributed by atoms with Crippen molar-refractivity contribution in [1.82, 2.24) is 10.3 Å². The van der Waals surface area contributed by atoms with E-state index in [1.54, 1.807) is 0 Å². The second-order valence-electron chi connectivity index (χ2n) is 3.28. The highest BCUT2D eigenvalue weighted by molar-refractivity contribution is 5.93. The Hall–Kier alpha value is -1.89. The summed E-state index contributed by atoms with van der Waals surface area (Å²) in [5.74, 6) is -0.698. The maximum atomic E-state index is 11.5. The number of rotatable bonds is 5. The summed E-state index contributed by atoms with van der Waals surface area (Å²) in [6.45, 7) is 1.66. The number of hydrogen-bond acceptors (Lipinski definition) is 4. The predicted molar refractivity (Wildman–Crippen MR) is 56.1 cm³/mol. The quantitative estimate of drug-likeness (QED) is 0.500. The number of aromatic amines is 1. The number of aromatic nitrogens is 1. The molecular weight excluding hydrogens is 214 g/mol. The highest BCUT2D eigenvalue weighted by atomic mass is 16.6. The summed E-state index contributed by atoms with van der Waals surface area (Å²) in [5, 5.41) is 21.8. The third kappa shape index (κ3) is 2.80. The molecule has 1 aromatic rings. The smallest absolute Gasteiger partial charge is 0.321 e. The zero-order chi connectivity index (χ0) is 12.1. The van der Waals surface area contributed by atoms with Gasteiger partial charge in [-0.2, -0.15) is 0 Å². The van der Waals surface area contributed by atoms with Crippen molar-refractivity contribution in [2.45, 2.75) is 19.4 Å². The first-order valence-electron chi connectivity index (χ1n) is 4.83. The molecule has 16 heavy (non-hydrogen) atoms. The largest absolute Gasteiger partial charge is 0.394 e. The van der Waals surface area contributed by atoms with E-state index in [1.165, 1.54) is 12.1 Å². The lowest BCUT2D eigenvalue weighted by Crippen LogP contribution is -2.37. The Balaban J connectivity index is 2.69. The molecule has 1 heterocycles. The van der Waals surface area contributed by atoms with Gasteiger partial charge in [-0.25, -0.2) is 4.98 Å². The standard InChI is InChI=1S/C9H13N3O4/c1-2-6(5-13)10-9(14)7-3-4-8(11-7)12(15)16/h3-4,6,11,13H,2,5H2,1H3,(H,10,14)/t6-/m1/s1. The number of carbonyl (C=O) groups is 1. The second-order valence-corrected chi connectivity index (χ2v) is 3.28. The average Bonchev–Trinajstić information content (AvgIpc) is 2.74. The van der Waals surface area contributed by atoms with Gasteiger partial charge in [0.2, 0.25) is 0 Å². The molecule has 0 radical (unpaired) electrons. The van der Waals surface area contributed by atoms with E-state index in [0.29, 0.717) is 6.42 Å². The molecule has 0 fully saturated rings. The number of nitrogens with zero attached hydrogens (tertiary/aromatic N) is 1. The fourth-order valence-corrected chi connectivity index (χ4v) is 1.16. The molecule has 1 amide bonds. The molecular formula is C9H13N3O4. The van der Waals surface area contributed by atoms with Crippen LogP contribution in [0.3, 0.4) is 0 Å². The van der Waals surface area contributed by atoms with Crippen molar-refractivity contribution in [2.75, 3.05) is 6.61 Å². The Bertz CT molecular complexity index is 384. The van der Waals surface area contributed by atoms with Crippen molar-refractivity contribution in [3.63, 3.8) is 0 Å². The van der Waals surface area contributed by atoms with E-state index in [2.05, 4.69) is 10.3 Å². The lowest BCUT2D eigenvalue weighted by Gasteiger charge is -2.11. The number of nitro groups is 1. The molecule has 1 aromatic heterocycles. The van der Waals surface area contributed by atoms with E-state index in [1.807, 2.05) is 6.92 Å². The predicted octanol–water partition coefficient (Wildman–Crippen LogP) is 0.424. The van der Waals surface area contributed by atoms with Crippen molar-refractivity contribution < 1.29 is 14.8 Å². The minimum Gasteiger partial charge on any atom is -0.394 e. The number of aliphatic hydroxyl groups is 1. The van der Waals surface area contributed by atoms with Gasteiger partial charge in [0, 0.05) is 6.07 Å². The van der Waals surface area contributed by atoms with E-state index in [0.717, 1.165) is 0 Å². The van der Waals surface area contributed by atoms with Crippen LogP contribution in [0.25, 0.3) is 0 Å². The summed E-state index contributed by atoms with van der Waals surface area (Å²) < 4.78 is 0. The van der Waals surface area contributed by atoms with Crippen molar-refractivity contribution >= 4 is 11.7 Å². The number of H-pyrrole nitrogens is 1. The van der Waals surface area contributed by atoms with Gasteiger partial charge < -0.3 is 20.5 Å². The van der Waals surface area contributed by atoms with Gasteiger partial charge in [-0.1, -0.05) is 6.92 Å². The van der Waals surface area contributed by atoms with E-state index in [4.69, 9.17) is 5.11 Å². The second kappa shape index (κ2) is 5.26. The molecule has 0 aliphatic carbocycles. The average molecular weight is 227 g/mol. The van der Waals surface area contributed by atoms with Crippen LogP contribution < -0.4 is 5.32 Å². The molecule has 1 atom stereocenters. The van der Waals surface area contributed by atoms with Crippen LogP contribution in [-0.2, 0) is 0 Å². The Labute approximate surface area is 91.6 Å². The van der Waals surface area contributed by atoms with Gasteiger partial charge in [0.15, 0.2) is 5.69 Å². The molecule has 88 valence electrons. The maximum absolute atomic E-state index is 11.5. The third-order valence-electron chi connectivity index (χ3n) is 2.16. The molecule has 7 nitrogen and oxygen atoms in total. The van der Waals surface area contributed by atoms with Gasteiger partial charge in [-0.05, 0) is 17.4 Å². The molecule has 7 heteroatoms. The maximum Gasteiger partial charge on any atom is 0.321 e. The normalized spacial score (nSPS) is 12.1. The third-order valence-corrected chi connectivity index (χ3v) is 2.16. The lowest BCUT2D eigenvalue weighted by molar-refractivity contribution is -0.389. The van der Waals surface area contributed by atoms with E-state index >= 15 is 0 Å². The fourth-order valence-electron chi connectivity index (χ4n) is 1.16. The molecule has 0 saturated heterocycles. The molecule has 1 rings (SSSR count). The lowest BCUT2D eigenvalue weighted by atomic mass is 10.2. The zero-order valence-electron chi connectivity index (χ0n) is 8.77. The fraction of sp³-hybridized carbons (Fsp3) is 0.444. The number of aliphatic hydroxyl groups excluding tert-OH is 1. The van der Waals surface area contributed by atoms with Crippen LogP contribution in [0.4, 0.5) is 5.82 Å². The first-order chi connectivity index (χ1) is 7.58. The minimum atomic E-state index is -0.611. The summed E-state index contributed by atoms with van der Waals surface area (Å²) in [6.07, 6.45) is 0.588. The van der Waals surface area contributed by atoms with Gasteiger partial charge in [0.05, 0.1) is 12.6 Å². The van der Waals surface area contributed by atoms with Gasteiger partial charge >= 0.3 is 5.82 Å². The van der Waals surface area contributed by atoms with Gasteiger partial charge in [0.1, 0.15) is 0 Å². The van der Waals surface area contributed by atoms with Crippen molar-refractivity contribution in [2.24, 2.45) is 0 Å². The molecule has 3 N–H and O–H groups in total. The summed E-state index contributed by atoms with van der Waals surface area (Å²) in [6, 6.07) is 2.21. The molecule has 0 spiro atoms. The molecule has 0 aliphatic heterocycles. The summed E-state index contributed by atoms with van der Waals surface area (Å²) >= 11 is 0. The topological polar surface area (TPSA) is 108 Å². The zero-order valence-corrected chi connectivity index (χ0v) is 8.77. The van der Waals surface area contributed by atoms with Crippen LogP contribution in [0.2, 0.25) is 0 Å². The molecule has 0 aliphatic rings. The van der Waals surface area contributed by atoms with Crippen LogP contribution in [0.15, 0.2) is 12.1 Å². The van der Waals surface area contributed by atoms with Gasteiger partial charge in [-0.15, -0.1) is 0 Å². The number of hydrogen-bond donors (Lipinski definition) is 3. The van der Waals surface area contributed by atoms with Gasteiger partial charge in [-0.3, -0.25) is 4.79 Å². The Morgan fingerprint density at radius 2 is 2.38 bits per heavy atom. The number of amides is 1. The number of nitrogens with one attached hydrogen (secondary N) is 2. The summed E-state index contributed by atoms with van der Waals surface area (Å²) in [5.41, 5.74) is 0.110. The van der Waals surface area contributed by atoms with Crippen LogP contribution in [0, 0.1) is 10.1 Å². The van der Waals surface area contributed by atoms with Crippen LogP contribution in [0.5, 0.6) is 0 Å².